The molecule has 2 heterocycles. The molecule has 74 valence electrons. The Bertz CT molecular complexity index is 376. The van der Waals surface area contributed by atoms with Gasteiger partial charge in [-0.3, -0.25) is 0 Å². The fourth-order valence-electron chi connectivity index (χ4n) is 1.20. The zero-order chi connectivity index (χ0) is 9.80. The Kier molecular flexibility index (Phi) is 2.44. The summed E-state index contributed by atoms with van der Waals surface area (Å²) >= 11 is 0. The molecule has 0 saturated carbocycles. The number of anilines is 1. The molecule has 6 heteroatoms. The van der Waals surface area contributed by atoms with E-state index in [2.05, 4.69) is 25.6 Å². The average molecular weight is 192 g/mol. The number of nitrogens with one attached hydrogen (secondary N) is 2. The van der Waals surface area contributed by atoms with Gasteiger partial charge in [0.25, 0.3) is 0 Å². The molecule has 0 bridgehead atoms. The van der Waals surface area contributed by atoms with Crippen LogP contribution in [0, 0.1) is 0 Å². The van der Waals surface area contributed by atoms with Crippen LogP contribution in [0.1, 0.15) is 12.6 Å². The summed E-state index contributed by atoms with van der Waals surface area (Å²) in [7, 11) is 0. The Labute approximate surface area is 81.4 Å². The number of rotatable bonds is 4. The summed E-state index contributed by atoms with van der Waals surface area (Å²) in [5.41, 5.74) is 1.04. The Balaban J connectivity index is 1.98. The first-order chi connectivity index (χ1) is 6.90. The van der Waals surface area contributed by atoms with Gasteiger partial charge in [0.05, 0.1) is 24.8 Å². The second kappa shape index (κ2) is 3.91. The third-order valence-corrected chi connectivity index (χ3v) is 1.93. The summed E-state index contributed by atoms with van der Waals surface area (Å²) in [6.07, 6.45) is 5.15. The molecule has 2 rings (SSSR count). The molecule has 0 atom stereocenters. The molecule has 0 spiro atoms. The molecule has 0 aliphatic rings. The number of imidazole rings is 1. The highest BCUT2D eigenvalue weighted by Crippen LogP contribution is 2.04. The predicted octanol–water partition coefficient (Wildman–Crippen LogP) is 0.633. The molecule has 2 aromatic heterocycles. The molecule has 0 fully saturated rings. The fraction of sp³-hybridized carbons (Fsp3) is 0.375. The largest absolute Gasteiger partial charge is 0.363 e. The van der Waals surface area contributed by atoms with Gasteiger partial charge in [0, 0.05) is 12.7 Å². The van der Waals surface area contributed by atoms with Gasteiger partial charge in [-0.15, -0.1) is 5.10 Å². The van der Waals surface area contributed by atoms with Crippen LogP contribution in [0.25, 0.3) is 0 Å². The number of H-pyrrole nitrogens is 1. The van der Waals surface area contributed by atoms with Gasteiger partial charge in [0.1, 0.15) is 5.82 Å². The van der Waals surface area contributed by atoms with E-state index in [0.717, 1.165) is 18.1 Å². The van der Waals surface area contributed by atoms with Gasteiger partial charge in [0.2, 0.25) is 0 Å². The molecular formula is C8H12N6. The number of aryl methyl sites for hydroxylation is 1. The normalized spacial score (nSPS) is 10.4. The third kappa shape index (κ3) is 1.73. The van der Waals surface area contributed by atoms with E-state index in [1.807, 2.05) is 6.92 Å². The first-order valence-electron chi connectivity index (χ1n) is 4.49. The summed E-state index contributed by atoms with van der Waals surface area (Å²) < 4.78 is 1.80. The van der Waals surface area contributed by atoms with Crippen LogP contribution in [0.3, 0.4) is 0 Å². The van der Waals surface area contributed by atoms with Crippen LogP contribution in [-0.4, -0.2) is 25.0 Å². The lowest BCUT2D eigenvalue weighted by Crippen LogP contribution is -2.06. The molecule has 0 unspecified atom stereocenters. The number of aromatic nitrogens is 5. The van der Waals surface area contributed by atoms with Crippen molar-refractivity contribution in [3.05, 3.63) is 24.4 Å². The van der Waals surface area contributed by atoms with Gasteiger partial charge in [0.15, 0.2) is 0 Å². The van der Waals surface area contributed by atoms with E-state index < -0.39 is 0 Å². The summed E-state index contributed by atoms with van der Waals surface area (Å²) in [4.78, 5) is 6.94. The molecule has 0 amide bonds. The maximum Gasteiger partial charge on any atom is 0.145 e. The fourth-order valence-corrected chi connectivity index (χ4v) is 1.20. The molecule has 0 radical (unpaired) electrons. The Morgan fingerprint density at radius 1 is 1.50 bits per heavy atom. The lowest BCUT2D eigenvalue weighted by Gasteiger charge is -2.04. The predicted molar refractivity (Wildman–Crippen MR) is 51.6 cm³/mol. The maximum atomic E-state index is 3.93. The number of hydrogen-bond donors (Lipinski definition) is 2. The Morgan fingerprint density at radius 2 is 2.43 bits per heavy atom. The van der Waals surface area contributed by atoms with Crippen molar-refractivity contribution < 1.29 is 0 Å². The smallest absolute Gasteiger partial charge is 0.145 e. The van der Waals surface area contributed by atoms with Crippen molar-refractivity contribution in [2.24, 2.45) is 0 Å². The van der Waals surface area contributed by atoms with Crippen LogP contribution < -0.4 is 5.32 Å². The number of hydrogen-bond acceptors (Lipinski definition) is 4. The average Bonchev–Trinajstić information content (AvgIpc) is 2.85. The van der Waals surface area contributed by atoms with Crippen molar-refractivity contribution in [2.45, 2.75) is 20.0 Å². The van der Waals surface area contributed by atoms with Crippen molar-refractivity contribution in [1.82, 2.24) is 25.0 Å². The van der Waals surface area contributed by atoms with Gasteiger partial charge in [-0.2, -0.15) is 0 Å². The van der Waals surface area contributed by atoms with E-state index in [9.17, 15) is 0 Å². The van der Waals surface area contributed by atoms with Crippen molar-refractivity contribution in [3.8, 4) is 0 Å². The third-order valence-electron chi connectivity index (χ3n) is 1.93. The van der Waals surface area contributed by atoms with Crippen molar-refractivity contribution in [3.63, 3.8) is 0 Å². The molecule has 0 aromatic carbocycles. The van der Waals surface area contributed by atoms with E-state index >= 15 is 0 Å². The van der Waals surface area contributed by atoms with Crippen molar-refractivity contribution >= 4 is 5.82 Å². The molecule has 14 heavy (non-hydrogen) atoms. The quantitative estimate of drug-likeness (QED) is 0.745. The van der Waals surface area contributed by atoms with E-state index in [0.29, 0.717) is 6.54 Å². The lowest BCUT2D eigenvalue weighted by atomic mass is 10.4. The highest BCUT2D eigenvalue weighted by Gasteiger charge is 2.00. The first kappa shape index (κ1) is 8.74. The van der Waals surface area contributed by atoms with E-state index in [1.165, 1.54) is 0 Å². The molecule has 2 N–H and O–H groups in total. The second-order valence-electron chi connectivity index (χ2n) is 2.87. The monoisotopic (exact) mass is 192 g/mol. The van der Waals surface area contributed by atoms with Gasteiger partial charge in [-0.05, 0) is 6.92 Å². The van der Waals surface area contributed by atoms with Crippen LogP contribution in [0.15, 0.2) is 18.7 Å². The molecule has 2 aromatic rings. The minimum atomic E-state index is 0.702. The summed E-state index contributed by atoms with van der Waals surface area (Å²) in [6, 6.07) is 0. The van der Waals surface area contributed by atoms with E-state index in [1.54, 1.807) is 23.4 Å². The van der Waals surface area contributed by atoms with Gasteiger partial charge < -0.3 is 10.3 Å². The van der Waals surface area contributed by atoms with Crippen LogP contribution in [0.2, 0.25) is 0 Å². The minimum Gasteiger partial charge on any atom is -0.363 e. The first-order valence-corrected chi connectivity index (χ1v) is 4.49. The molecule has 0 aliphatic carbocycles. The van der Waals surface area contributed by atoms with Crippen LogP contribution >= 0.6 is 0 Å². The highest BCUT2D eigenvalue weighted by atomic mass is 15.4. The standard InChI is InChI=1S/C8H12N6/c1-2-14-8(5-12-13-14)10-4-7-3-9-6-11-7/h3,5-6,10H,2,4H2,1H3,(H,9,11). The van der Waals surface area contributed by atoms with Crippen LogP contribution in [-0.2, 0) is 13.1 Å². The number of aromatic amines is 1. The Morgan fingerprint density at radius 3 is 3.14 bits per heavy atom. The summed E-state index contributed by atoms with van der Waals surface area (Å²) in [6.45, 7) is 3.54. The summed E-state index contributed by atoms with van der Waals surface area (Å²) in [5.74, 6) is 0.919. The van der Waals surface area contributed by atoms with Gasteiger partial charge in [-0.25, -0.2) is 9.67 Å². The van der Waals surface area contributed by atoms with E-state index in [-0.39, 0.29) is 0 Å². The SMILES string of the molecule is CCn1nncc1NCc1cnc[nH]1. The molecule has 6 nitrogen and oxygen atoms in total. The van der Waals surface area contributed by atoms with E-state index in [4.69, 9.17) is 0 Å². The summed E-state index contributed by atoms with van der Waals surface area (Å²) in [5, 5.41) is 10.9. The maximum absolute atomic E-state index is 3.93. The van der Waals surface area contributed by atoms with Gasteiger partial charge >= 0.3 is 0 Å². The zero-order valence-electron chi connectivity index (χ0n) is 7.94. The van der Waals surface area contributed by atoms with Crippen molar-refractivity contribution in [2.75, 3.05) is 5.32 Å². The Hall–Kier alpha value is -1.85. The van der Waals surface area contributed by atoms with Crippen LogP contribution in [0.5, 0.6) is 0 Å². The highest BCUT2D eigenvalue weighted by molar-refractivity contribution is 5.31. The molecular weight excluding hydrogens is 180 g/mol. The van der Waals surface area contributed by atoms with Gasteiger partial charge in [-0.1, -0.05) is 5.21 Å². The molecule has 0 saturated heterocycles. The minimum absolute atomic E-state index is 0.702. The van der Waals surface area contributed by atoms with Crippen molar-refractivity contribution in [1.29, 1.82) is 0 Å². The topological polar surface area (TPSA) is 71.4 Å². The number of nitrogens with zero attached hydrogens (tertiary/aromatic N) is 4. The molecule has 0 aliphatic heterocycles. The second-order valence-corrected chi connectivity index (χ2v) is 2.87. The van der Waals surface area contributed by atoms with Crippen LogP contribution in [0.4, 0.5) is 5.82 Å². The lowest BCUT2D eigenvalue weighted by molar-refractivity contribution is 0.630. The zero-order valence-corrected chi connectivity index (χ0v) is 7.94.